The van der Waals surface area contributed by atoms with E-state index in [0.29, 0.717) is 6.42 Å². The fraction of sp³-hybridized carbons (Fsp3) is 0.208. The lowest BCUT2D eigenvalue weighted by Gasteiger charge is -2.11. The van der Waals surface area contributed by atoms with Gasteiger partial charge in [0, 0.05) is 17.9 Å². The molecule has 0 aromatic heterocycles. The Morgan fingerprint density at radius 3 is 2.29 bits per heavy atom. The minimum Gasteiger partial charge on any atom is -0.496 e. The average Bonchev–Trinajstić information content (AvgIpc) is 2.71. The molecule has 0 unspecified atom stereocenters. The van der Waals surface area contributed by atoms with Gasteiger partial charge in [0.2, 0.25) is 5.91 Å². The SMILES string of the molecule is COc1ccccc1CCNc1ccc(NC(=O)Cc2ccc(C)cc2)cc1. The molecule has 0 radical (unpaired) electrons. The van der Waals surface area contributed by atoms with Gasteiger partial charge in [-0.2, -0.15) is 0 Å². The zero-order valence-electron chi connectivity index (χ0n) is 16.4. The summed E-state index contributed by atoms with van der Waals surface area (Å²) in [5.41, 5.74) is 5.20. The molecule has 3 aromatic carbocycles. The molecule has 0 atom stereocenters. The van der Waals surface area contributed by atoms with Crippen LogP contribution in [-0.2, 0) is 17.6 Å². The van der Waals surface area contributed by atoms with Crippen molar-refractivity contribution < 1.29 is 9.53 Å². The number of ether oxygens (including phenoxy) is 1. The molecule has 0 saturated heterocycles. The lowest BCUT2D eigenvalue weighted by atomic mass is 10.1. The van der Waals surface area contributed by atoms with Crippen molar-refractivity contribution in [3.8, 4) is 5.75 Å². The number of anilines is 2. The van der Waals surface area contributed by atoms with Crippen molar-refractivity contribution >= 4 is 17.3 Å². The number of benzene rings is 3. The standard InChI is InChI=1S/C24H26N2O2/c1-18-7-9-19(10-8-18)17-24(27)26-22-13-11-21(12-14-22)25-16-15-20-5-3-4-6-23(20)28-2/h3-14,25H,15-17H2,1-2H3,(H,26,27). The topological polar surface area (TPSA) is 50.4 Å². The van der Waals surface area contributed by atoms with E-state index in [9.17, 15) is 4.79 Å². The second-order valence-electron chi connectivity index (χ2n) is 6.78. The molecule has 0 aliphatic carbocycles. The minimum absolute atomic E-state index is 0.0132. The third-order valence-corrected chi connectivity index (χ3v) is 4.57. The van der Waals surface area contributed by atoms with E-state index in [1.54, 1.807) is 7.11 Å². The van der Waals surface area contributed by atoms with Gasteiger partial charge >= 0.3 is 0 Å². The molecule has 0 aliphatic rings. The summed E-state index contributed by atoms with van der Waals surface area (Å²) in [6.45, 7) is 2.84. The first-order valence-electron chi connectivity index (χ1n) is 9.45. The number of methoxy groups -OCH3 is 1. The molecule has 0 bridgehead atoms. The number of nitrogens with one attached hydrogen (secondary N) is 2. The molecule has 144 valence electrons. The highest BCUT2D eigenvalue weighted by Crippen LogP contribution is 2.19. The van der Waals surface area contributed by atoms with Gasteiger partial charge < -0.3 is 15.4 Å². The Morgan fingerprint density at radius 1 is 0.893 bits per heavy atom. The van der Waals surface area contributed by atoms with E-state index in [2.05, 4.69) is 16.7 Å². The summed E-state index contributed by atoms with van der Waals surface area (Å²) < 4.78 is 5.38. The van der Waals surface area contributed by atoms with Gasteiger partial charge in [0.05, 0.1) is 13.5 Å². The molecule has 3 aromatic rings. The number of carbonyl (C=O) groups excluding carboxylic acids is 1. The Kier molecular flexibility index (Phi) is 6.68. The second kappa shape index (κ2) is 9.60. The highest BCUT2D eigenvalue weighted by Gasteiger charge is 2.05. The highest BCUT2D eigenvalue weighted by atomic mass is 16.5. The summed E-state index contributed by atoms with van der Waals surface area (Å²) in [4.78, 5) is 12.2. The number of rotatable bonds is 8. The summed E-state index contributed by atoms with van der Waals surface area (Å²) in [6, 6.07) is 23.9. The summed E-state index contributed by atoms with van der Waals surface area (Å²) in [7, 11) is 1.69. The van der Waals surface area contributed by atoms with Crippen LogP contribution in [-0.4, -0.2) is 19.6 Å². The highest BCUT2D eigenvalue weighted by molar-refractivity contribution is 5.92. The van der Waals surface area contributed by atoms with Crippen LogP contribution in [0.15, 0.2) is 72.8 Å². The predicted octanol–water partition coefficient (Wildman–Crippen LogP) is 4.84. The Bertz CT molecular complexity index is 903. The maximum Gasteiger partial charge on any atom is 0.228 e. The Morgan fingerprint density at radius 2 is 1.57 bits per heavy atom. The first-order chi connectivity index (χ1) is 13.6. The van der Waals surface area contributed by atoms with E-state index in [4.69, 9.17) is 4.74 Å². The van der Waals surface area contributed by atoms with Crippen molar-refractivity contribution in [3.63, 3.8) is 0 Å². The summed E-state index contributed by atoms with van der Waals surface area (Å²) in [5, 5.41) is 6.35. The van der Waals surface area contributed by atoms with Gasteiger partial charge in [-0.1, -0.05) is 48.0 Å². The molecular formula is C24H26N2O2. The van der Waals surface area contributed by atoms with Crippen LogP contribution in [0.4, 0.5) is 11.4 Å². The molecular weight excluding hydrogens is 348 g/mol. The third kappa shape index (κ3) is 5.61. The molecule has 0 fully saturated rings. The molecule has 3 rings (SSSR count). The zero-order valence-corrected chi connectivity index (χ0v) is 16.4. The Hall–Kier alpha value is -3.27. The first kappa shape index (κ1) is 19.5. The van der Waals surface area contributed by atoms with E-state index < -0.39 is 0 Å². The second-order valence-corrected chi connectivity index (χ2v) is 6.78. The monoisotopic (exact) mass is 374 g/mol. The smallest absolute Gasteiger partial charge is 0.228 e. The fourth-order valence-electron chi connectivity index (χ4n) is 3.02. The average molecular weight is 374 g/mol. The van der Waals surface area contributed by atoms with E-state index in [1.165, 1.54) is 11.1 Å². The largest absolute Gasteiger partial charge is 0.496 e. The molecule has 0 saturated carbocycles. The number of hydrogen-bond donors (Lipinski definition) is 2. The predicted molar refractivity (Wildman–Crippen MR) is 115 cm³/mol. The van der Waals surface area contributed by atoms with Crippen LogP contribution in [0.2, 0.25) is 0 Å². The third-order valence-electron chi connectivity index (χ3n) is 4.57. The van der Waals surface area contributed by atoms with E-state index in [0.717, 1.165) is 35.7 Å². The zero-order chi connectivity index (χ0) is 19.8. The van der Waals surface area contributed by atoms with E-state index in [-0.39, 0.29) is 5.91 Å². The van der Waals surface area contributed by atoms with Crippen LogP contribution in [0.5, 0.6) is 5.75 Å². The van der Waals surface area contributed by atoms with Crippen molar-refractivity contribution in [3.05, 3.63) is 89.5 Å². The van der Waals surface area contributed by atoms with Gasteiger partial charge in [-0.25, -0.2) is 0 Å². The maximum atomic E-state index is 12.2. The fourth-order valence-corrected chi connectivity index (χ4v) is 3.02. The van der Waals surface area contributed by atoms with Gasteiger partial charge in [-0.15, -0.1) is 0 Å². The molecule has 4 heteroatoms. The van der Waals surface area contributed by atoms with Crippen molar-refractivity contribution in [1.82, 2.24) is 0 Å². The number of carbonyl (C=O) groups is 1. The minimum atomic E-state index is -0.0132. The maximum absolute atomic E-state index is 12.2. The molecule has 0 spiro atoms. The van der Waals surface area contributed by atoms with Crippen LogP contribution >= 0.6 is 0 Å². The van der Waals surface area contributed by atoms with E-state index >= 15 is 0 Å². The first-order valence-corrected chi connectivity index (χ1v) is 9.45. The van der Waals surface area contributed by atoms with Crippen LogP contribution in [0, 0.1) is 6.92 Å². The Balaban J connectivity index is 1.47. The van der Waals surface area contributed by atoms with Crippen LogP contribution < -0.4 is 15.4 Å². The number of hydrogen-bond acceptors (Lipinski definition) is 3. The van der Waals surface area contributed by atoms with Gasteiger partial charge in [0.15, 0.2) is 0 Å². The number of amides is 1. The van der Waals surface area contributed by atoms with Crippen molar-refractivity contribution in [2.45, 2.75) is 19.8 Å². The van der Waals surface area contributed by atoms with Crippen LogP contribution in [0.3, 0.4) is 0 Å². The van der Waals surface area contributed by atoms with Crippen LogP contribution in [0.25, 0.3) is 0 Å². The Labute approximate surface area is 166 Å². The number of para-hydroxylation sites is 1. The summed E-state index contributed by atoms with van der Waals surface area (Å²) in [5.74, 6) is 0.900. The molecule has 0 heterocycles. The summed E-state index contributed by atoms with van der Waals surface area (Å²) >= 11 is 0. The molecule has 0 aliphatic heterocycles. The molecule has 4 nitrogen and oxygen atoms in total. The van der Waals surface area contributed by atoms with Crippen molar-refractivity contribution in [2.24, 2.45) is 0 Å². The molecule has 28 heavy (non-hydrogen) atoms. The molecule has 1 amide bonds. The van der Waals surface area contributed by atoms with Crippen molar-refractivity contribution in [1.29, 1.82) is 0 Å². The van der Waals surface area contributed by atoms with Gasteiger partial charge in [-0.3, -0.25) is 4.79 Å². The van der Waals surface area contributed by atoms with Crippen LogP contribution in [0.1, 0.15) is 16.7 Å². The quantitative estimate of drug-likeness (QED) is 0.593. The summed E-state index contributed by atoms with van der Waals surface area (Å²) in [6.07, 6.45) is 1.25. The normalized spacial score (nSPS) is 10.4. The van der Waals surface area contributed by atoms with Crippen molar-refractivity contribution in [2.75, 3.05) is 24.3 Å². The lowest BCUT2D eigenvalue weighted by molar-refractivity contribution is -0.115. The number of aryl methyl sites for hydroxylation is 1. The van der Waals surface area contributed by atoms with Gasteiger partial charge in [-0.05, 0) is 54.8 Å². The molecule has 2 N–H and O–H groups in total. The van der Waals surface area contributed by atoms with Gasteiger partial charge in [0.25, 0.3) is 0 Å². The van der Waals surface area contributed by atoms with E-state index in [1.807, 2.05) is 73.7 Å². The lowest BCUT2D eigenvalue weighted by Crippen LogP contribution is -2.14. The van der Waals surface area contributed by atoms with Gasteiger partial charge in [0.1, 0.15) is 5.75 Å².